The van der Waals surface area contributed by atoms with E-state index in [0.29, 0.717) is 10.1 Å². The summed E-state index contributed by atoms with van der Waals surface area (Å²) in [5.41, 5.74) is 2.08. The van der Waals surface area contributed by atoms with E-state index in [1.54, 1.807) is 11.0 Å². The second kappa shape index (κ2) is 10.8. The Morgan fingerprint density at radius 1 is 0.971 bits per heavy atom. The fraction of sp³-hybridized carbons (Fsp3) is 0.154. The molecule has 172 valence electrons. The molecule has 0 bridgehead atoms. The molecule has 0 aliphatic heterocycles. The molecule has 0 saturated carbocycles. The maximum absolute atomic E-state index is 13.7. The van der Waals surface area contributed by atoms with Crippen LogP contribution in [0.1, 0.15) is 35.3 Å². The molecule has 1 unspecified atom stereocenters. The topological polar surface area (TPSA) is 75.2 Å². The van der Waals surface area contributed by atoms with E-state index in [1.165, 1.54) is 29.5 Å². The SMILES string of the molecule is CC(c1ccccc1)N(CCC(=O)Nc1nnc(-c2ccccc2)s1)C(=O)c1cccc(F)c1. The average molecular weight is 475 g/mol. The lowest BCUT2D eigenvalue weighted by atomic mass is 10.0. The van der Waals surface area contributed by atoms with Crippen LogP contribution in [0.5, 0.6) is 0 Å². The molecule has 3 aromatic carbocycles. The van der Waals surface area contributed by atoms with Gasteiger partial charge >= 0.3 is 0 Å². The summed E-state index contributed by atoms with van der Waals surface area (Å²) < 4.78 is 13.7. The Hall–Kier alpha value is -3.91. The van der Waals surface area contributed by atoms with Crippen molar-refractivity contribution < 1.29 is 14.0 Å². The number of hydrogen-bond donors (Lipinski definition) is 1. The molecular weight excluding hydrogens is 451 g/mol. The Kier molecular flexibility index (Phi) is 7.39. The van der Waals surface area contributed by atoms with E-state index in [4.69, 9.17) is 0 Å². The Balaban J connectivity index is 1.46. The highest BCUT2D eigenvalue weighted by atomic mass is 32.1. The number of nitrogens with one attached hydrogen (secondary N) is 1. The van der Waals surface area contributed by atoms with Gasteiger partial charge in [0.15, 0.2) is 0 Å². The van der Waals surface area contributed by atoms with Crippen LogP contribution in [-0.4, -0.2) is 33.5 Å². The first-order valence-electron chi connectivity index (χ1n) is 10.8. The van der Waals surface area contributed by atoms with Crippen LogP contribution in [0.3, 0.4) is 0 Å². The molecule has 2 amide bonds. The largest absolute Gasteiger partial charge is 0.331 e. The quantitative estimate of drug-likeness (QED) is 0.362. The van der Waals surface area contributed by atoms with E-state index >= 15 is 0 Å². The van der Waals surface area contributed by atoms with Crippen molar-refractivity contribution in [2.75, 3.05) is 11.9 Å². The number of nitrogens with zero attached hydrogens (tertiary/aromatic N) is 3. The minimum absolute atomic E-state index is 0.0540. The van der Waals surface area contributed by atoms with Gasteiger partial charge in [-0.25, -0.2) is 4.39 Å². The molecule has 8 heteroatoms. The molecule has 0 radical (unpaired) electrons. The molecule has 4 aromatic rings. The first-order chi connectivity index (χ1) is 16.5. The fourth-order valence-corrected chi connectivity index (χ4v) is 4.31. The van der Waals surface area contributed by atoms with Crippen molar-refractivity contribution in [2.45, 2.75) is 19.4 Å². The van der Waals surface area contributed by atoms with E-state index in [2.05, 4.69) is 15.5 Å². The summed E-state index contributed by atoms with van der Waals surface area (Å²) in [5, 5.41) is 12.0. The zero-order chi connectivity index (χ0) is 23.9. The summed E-state index contributed by atoms with van der Waals surface area (Å²) in [5.74, 6) is -1.11. The van der Waals surface area contributed by atoms with E-state index in [0.717, 1.165) is 11.1 Å². The van der Waals surface area contributed by atoms with Crippen molar-refractivity contribution >= 4 is 28.3 Å². The minimum Gasteiger partial charge on any atom is -0.331 e. The van der Waals surface area contributed by atoms with Crippen LogP contribution in [0.2, 0.25) is 0 Å². The molecule has 0 aliphatic rings. The van der Waals surface area contributed by atoms with Crippen molar-refractivity contribution in [3.63, 3.8) is 0 Å². The number of anilines is 1. The van der Waals surface area contributed by atoms with Crippen molar-refractivity contribution in [3.8, 4) is 10.6 Å². The van der Waals surface area contributed by atoms with Gasteiger partial charge in [0.2, 0.25) is 11.0 Å². The lowest BCUT2D eigenvalue weighted by molar-refractivity contribution is -0.116. The number of benzene rings is 3. The van der Waals surface area contributed by atoms with Crippen LogP contribution in [0.4, 0.5) is 9.52 Å². The van der Waals surface area contributed by atoms with Gasteiger partial charge in [-0.15, -0.1) is 10.2 Å². The third-order valence-corrected chi connectivity index (χ3v) is 6.24. The maximum atomic E-state index is 13.7. The summed E-state index contributed by atoms with van der Waals surface area (Å²) >= 11 is 1.28. The van der Waals surface area contributed by atoms with Gasteiger partial charge in [0.25, 0.3) is 5.91 Å². The third-order valence-electron chi connectivity index (χ3n) is 5.35. The van der Waals surface area contributed by atoms with Crippen LogP contribution in [0.15, 0.2) is 84.9 Å². The molecule has 34 heavy (non-hydrogen) atoms. The van der Waals surface area contributed by atoms with Crippen LogP contribution in [-0.2, 0) is 4.79 Å². The van der Waals surface area contributed by atoms with Crippen molar-refractivity contribution in [1.82, 2.24) is 15.1 Å². The fourth-order valence-electron chi connectivity index (χ4n) is 3.54. The normalized spacial score (nSPS) is 11.6. The third kappa shape index (κ3) is 5.71. The predicted octanol–water partition coefficient (Wildman–Crippen LogP) is 5.58. The second-order valence-electron chi connectivity index (χ2n) is 7.67. The summed E-state index contributed by atoms with van der Waals surface area (Å²) in [6.07, 6.45) is 0.0540. The molecule has 1 heterocycles. The molecule has 1 atom stereocenters. The molecule has 0 saturated heterocycles. The first-order valence-corrected chi connectivity index (χ1v) is 11.6. The van der Waals surface area contributed by atoms with Gasteiger partial charge in [0, 0.05) is 24.1 Å². The molecule has 1 N–H and O–H groups in total. The standard InChI is InChI=1S/C26H23FN4O2S/c1-18(19-9-4-2-5-10-19)31(25(33)21-13-8-14-22(27)17-21)16-15-23(32)28-26-30-29-24(34-26)20-11-6-3-7-12-20/h2-14,17-18H,15-16H2,1H3,(H,28,30,32). The molecule has 6 nitrogen and oxygen atoms in total. The molecule has 0 fully saturated rings. The van der Waals surface area contributed by atoms with E-state index in [-0.39, 0.29) is 36.4 Å². The maximum Gasteiger partial charge on any atom is 0.254 e. The number of aromatic nitrogens is 2. The predicted molar refractivity (Wildman–Crippen MR) is 131 cm³/mol. The van der Waals surface area contributed by atoms with Gasteiger partial charge in [-0.2, -0.15) is 0 Å². The van der Waals surface area contributed by atoms with Crippen molar-refractivity contribution in [2.24, 2.45) is 0 Å². The summed E-state index contributed by atoms with van der Waals surface area (Å²) in [7, 11) is 0. The average Bonchev–Trinajstić information content (AvgIpc) is 3.33. The van der Waals surface area contributed by atoms with Gasteiger partial charge in [0.1, 0.15) is 10.8 Å². The number of halogens is 1. The lowest BCUT2D eigenvalue weighted by Crippen LogP contribution is -2.36. The molecule has 4 rings (SSSR count). The Bertz CT molecular complexity index is 1260. The number of amides is 2. The van der Waals surface area contributed by atoms with Crippen molar-refractivity contribution in [1.29, 1.82) is 0 Å². The van der Waals surface area contributed by atoms with E-state index < -0.39 is 5.82 Å². The highest BCUT2D eigenvalue weighted by Gasteiger charge is 2.24. The Morgan fingerprint density at radius 2 is 1.68 bits per heavy atom. The second-order valence-corrected chi connectivity index (χ2v) is 8.65. The van der Waals surface area contributed by atoms with Gasteiger partial charge < -0.3 is 10.2 Å². The number of carbonyl (C=O) groups excluding carboxylic acids is 2. The number of hydrogen-bond acceptors (Lipinski definition) is 5. The van der Waals surface area contributed by atoms with Crippen LogP contribution >= 0.6 is 11.3 Å². The summed E-state index contributed by atoms with van der Waals surface area (Å²) in [6, 6.07) is 24.4. The molecule has 0 aliphatic carbocycles. The van der Waals surface area contributed by atoms with E-state index in [9.17, 15) is 14.0 Å². The van der Waals surface area contributed by atoms with Crippen molar-refractivity contribution in [3.05, 3.63) is 102 Å². The lowest BCUT2D eigenvalue weighted by Gasteiger charge is -2.29. The number of rotatable bonds is 8. The Labute approximate surface area is 201 Å². The zero-order valence-corrected chi connectivity index (χ0v) is 19.3. The van der Waals surface area contributed by atoms with E-state index in [1.807, 2.05) is 67.6 Å². The van der Waals surface area contributed by atoms with Crippen LogP contribution in [0.25, 0.3) is 10.6 Å². The van der Waals surface area contributed by atoms with Gasteiger partial charge in [-0.1, -0.05) is 78.1 Å². The van der Waals surface area contributed by atoms with Gasteiger partial charge in [-0.3, -0.25) is 9.59 Å². The first kappa shape index (κ1) is 23.3. The molecular formula is C26H23FN4O2S. The zero-order valence-electron chi connectivity index (χ0n) is 18.5. The minimum atomic E-state index is -0.485. The summed E-state index contributed by atoms with van der Waals surface area (Å²) in [6.45, 7) is 2.04. The smallest absolute Gasteiger partial charge is 0.254 e. The Morgan fingerprint density at radius 3 is 2.38 bits per heavy atom. The number of carbonyl (C=O) groups is 2. The monoisotopic (exact) mass is 474 g/mol. The summed E-state index contributed by atoms with van der Waals surface area (Å²) in [4.78, 5) is 27.5. The molecule has 1 aromatic heterocycles. The van der Waals surface area contributed by atoms with Gasteiger partial charge in [0.05, 0.1) is 6.04 Å². The highest BCUT2D eigenvalue weighted by molar-refractivity contribution is 7.18. The molecule has 0 spiro atoms. The van der Waals surface area contributed by atoms with Crippen LogP contribution in [0, 0.1) is 5.82 Å². The highest BCUT2D eigenvalue weighted by Crippen LogP contribution is 2.26. The van der Waals surface area contributed by atoms with Gasteiger partial charge in [-0.05, 0) is 30.7 Å². The van der Waals surface area contributed by atoms with Crippen LogP contribution < -0.4 is 5.32 Å².